The van der Waals surface area contributed by atoms with Crippen molar-refractivity contribution in [2.24, 2.45) is 5.10 Å². The first-order valence-corrected chi connectivity index (χ1v) is 13.3. The fourth-order valence-electron chi connectivity index (χ4n) is 5.28. The van der Waals surface area contributed by atoms with Gasteiger partial charge in [0.25, 0.3) is 0 Å². The molecule has 1 unspecified atom stereocenters. The summed E-state index contributed by atoms with van der Waals surface area (Å²) < 4.78 is 1.01. The summed E-state index contributed by atoms with van der Waals surface area (Å²) in [5.41, 5.74) is 10.7. The molecule has 184 valence electrons. The lowest BCUT2D eigenvalue weighted by molar-refractivity contribution is 0.249. The van der Waals surface area contributed by atoms with Gasteiger partial charge in [-0.3, -0.25) is 0 Å². The highest BCUT2D eigenvalue weighted by molar-refractivity contribution is 7.22. The van der Waals surface area contributed by atoms with E-state index in [0.717, 1.165) is 40.4 Å². The molecule has 0 bridgehead atoms. The second-order valence-electron chi connectivity index (χ2n) is 9.76. The van der Waals surface area contributed by atoms with Crippen LogP contribution in [0.2, 0.25) is 0 Å². The molecule has 0 saturated carbocycles. The highest BCUT2D eigenvalue weighted by atomic mass is 32.1. The van der Waals surface area contributed by atoms with Gasteiger partial charge < -0.3 is 15.5 Å². The van der Waals surface area contributed by atoms with Gasteiger partial charge in [-0.15, -0.1) is 11.3 Å². The van der Waals surface area contributed by atoms with E-state index in [9.17, 15) is 0 Å². The summed E-state index contributed by atoms with van der Waals surface area (Å²) in [7, 11) is 4.36. The quantitative estimate of drug-likeness (QED) is 0.398. The molecule has 7 nitrogen and oxygen atoms in total. The lowest BCUT2D eigenvalue weighted by Crippen LogP contribution is -2.41. The molecular formula is C28H31N7S. The van der Waals surface area contributed by atoms with E-state index in [4.69, 9.17) is 5.73 Å². The van der Waals surface area contributed by atoms with Gasteiger partial charge in [-0.25, -0.2) is 9.99 Å². The number of thiophene rings is 1. The van der Waals surface area contributed by atoms with Crippen molar-refractivity contribution in [3.8, 4) is 10.4 Å². The Bertz CT molecular complexity index is 1370. The average molecular weight is 498 g/mol. The summed E-state index contributed by atoms with van der Waals surface area (Å²) in [6, 6.07) is 22.3. The van der Waals surface area contributed by atoms with Crippen LogP contribution in [0.1, 0.15) is 30.9 Å². The molecule has 0 aliphatic carbocycles. The third kappa shape index (κ3) is 4.31. The zero-order valence-electron chi connectivity index (χ0n) is 20.7. The number of fused-ring (bicyclic) bond motifs is 1. The largest absolute Gasteiger partial charge is 0.371 e. The second kappa shape index (κ2) is 9.52. The first-order valence-electron chi connectivity index (χ1n) is 12.5. The van der Waals surface area contributed by atoms with Gasteiger partial charge in [-0.1, -0.05) is 42.5 Å². The fraction of sp³-hybridized carbons (Fsp3) is 0.321. The molecule has 2 aromatic carbocycles. The van der Waals surface area contributed by atoms with Crippen LogP contribution >= 0.6 is 11.3 Å². The Morgan fingerprint density at radius 3 is 2.44 bits per heavy atom. The van der Waals surface area contributed by atoms with Gasteiger partial charge in [-0.05, 0) is 56.3 Å². The number of anilines is 3. The van der Waals surface area contributed by atoms with Crippen LogP contribution in [0.5, 0.6) is 0 Å². The van der Waals surface area contributed by atoms with Crippen molar-refractivity contribution in [3.05, 3.63) is 66.2 Å². The smallest absolute Gasteiger partial charge is 0.222 e. The molecule has 2 aliphatic heterocycles. The van der Waals surface area contributed by atoms with Crippen LogP contribution in [0.4, 0.5) is 17.5 Å². The molecule has 2 aliphatic rings. The molecule has 6 rings (SSSR count). The van der Waals surface area contributed by atoms with Crippen molar-refractivity contribution in [2.75, 3.05) is 42.8 Å². The van der Waals surface area contributed by atoms with Gasteiger partial charge >= 0.3 is 0 Å². The van der Waals surface area contributed by atoms with Gasteiger partial charge in [0.1, 0.15) is 0 Å². The van der Waals surface area contributed by atoms with E-state index in [2.05, 4.69) is 93.6 Å². The molecule has 4 aromatic rings. The van der Waals surface area contributed by atoms with Crippen LogP contribution in [0.25, 0.3) is 20.7 Å². The Labute approximate surface area is 215 Å². The monoisotopic (exact) mass is 497 g/mol. The Balaban J connectivity index is 1.28. The third-order valence-corrected chi connectivity index (χ3v) is 8.48. The number of hydrazone groups is 1. The van der Waals surface area contributed by atoms with E-state index < -0.39 is 0 Å². The van der Waals surface area contributed by atoms with E-state index in [-0.39, 0.29) is 12.0 Å². The molecule has 1 saturated heterocycles. The predicted octanol–water partition coefficient (Wildman–Crippen LogP) is 5.41. The minimum atomic E-state index is 0.102. The van der Waals surface area contributed by atoms with Crippen LogP contribution in [0, 0.1) is 0 Å². The zero-order chi connectivity index (χ0) is 24.6. The van der Waals surface area contributed by atoms with Crippen molar-refractivity contribution in [1.29, 1.82) is 0 Å². The number of aromatic nitrogens is 2. The second-order valence-corrected chi connectivity index (χ2v) is 10.8. The van der Waals surface area contributed by atoms with Crippen molar-refractivity contribution in [3.63, 3.8) is 0 Å². The number of hydrogen-bond acceptors (Lipinski definition) is 8. The molecule has 0 spiro atoms. The molecule has 2 aromatic heterocycles. The molecule has 0 amide bonds. The third-order valence-electron chi connectivity index (χ3n) is 7.31. The van der Waals surface area contributed by atoms with E-state index in [1.165, 1.54) is 29.7 Å². The van der Waals surface area contributed by atoms with Gasteiger partial charge in [0.05, 0.1) is 16.3 Å². The van der Waals surface area contributed by atoms with Gasteiger partial charge in [0, 0.05) is 42.3 Å². The van der Waals surface area contributed by atoms with E-state index in [1.54, 1.807) is 11.3 Å². The maximum absolute atomic E-state index is 6.15. The number of nitrogen functional groups attached to an aromatic ring is 1. The number of nitrogens with two attached hydrogens (primary N) is 1. The van der Waals surface area contributed by atoms with Crippen LogP contribution in [-0.4, -0.2) is 54.3 Å². The number of rotatable bonds is 5. The molecule has 4 heterocycles. The summed E-state index contributed by atoms with van der Waals surface area (Å²) in [6.45, 7) is 2.20. The summed E-state index contributed by atoms with van der Waals surface area (Å²) in [6.07, 6.45) is 5.20. The Hall–Kier alpha value is -3.49. The first-order chi connectivity index (χ1) is 17.6. The number of benzene rings is 2. The predicted molar refractivity (Wildman–Crippen MR) is 151 cm³/mol. The van der Waals surface area contributed by atoms with Crippen molar-refractivity contribution in [1.82, 2.24) is 14.9 Å². The number of nitrogens with zero attached hydrogens (tertiary/aromatic N) is 6. The molecule has 0 radical (unpaired) electrons. The van der Waals surface area contributed by atoms with Gasteiger partial charge in [0.2, 0.25) is 5.95 Å². The van der Waals surface area contributed by atoms with E-state index in [1.807, 2.05) is 17.3 Å². The molecule has 36 heavy (non-hydrogen) atoms. The molecule has 2 N–H and O–H groups in total. The number of piperidine rings is 1. The topological polar surface area (TPSA) is 73.9 Å². The standard InChI is InChI=1S/C28H31N7S/c1-33(2)21-13-16-34(17-14-21)22-10-8-20(9-11-22)25-18-23-26(36-25)27(32-28(29)31-23)35-24(12-15-30-35)19-6-4-3-5-7-19/h3-11,15,18,21,24H,12-14,16-17H2,1-2H3,(H2,29,31,32). The molecule has 1 atom stereocenters. The highest BCUT2D eigenvalue weighted by Crippen LogP contribution is 2.42. The van der Waals surface area contributed by atoms with E-state index in [0.29, 0.717) is 6.04 Å². The maximum Gasteiger partial charge on any atom is 0.222 e. The SMILES string of the molecule is CN(C)C1CCN(c2ccc(-c3cc4nc(N)nc(N5N=CCC5c5ccccc5)c4s3)cc2)CC1. The first kappa shape index (κ1) is 22.9. The van der Waals surface area contributed by atoms with Gasteiger partial charge in [-0.2, -0.15) is 10.1 Å². The lowest BCUT2D eigenvalue weighted by atomic mass is 10.0. The minimum absolute atomic E-state index is 0.102. The van der Waals surface area contributed by atoms with Crippen molar-refractivity contribution in [2.45, 2.75) is 31.3 Å². The van der Waals surface area contributed by atoms with Crippen molar-refractivity contribution >= 4 is 45.2 Å². The maximum atomic E-state index is 6.15. The Morgan fingerprint density at radius 2 is 1.72 bits per heavy atom. The summed E-state index contributed by atoms with van der Waals surface area (Å²) in [5, 5.41) is 6.67. The van der Waals surface area contributed by atoms with Crippen LogP contribution in [0.3, 0.4) is 0 Å². The van der Waals surface area contributed by atoms with Gasteiger partial charge in [0.15, 0.2) is 5.82 Å². The molecule has 8 heteroatoms. The number of hydrogen-bond donors (Lipinski definition) is 1. The lowest BCUT2D eigenvalue weighted by Gasteiger charge is -2.36. The minimum Gasteiger partial charge on any atom is -0.371 e. The van der Waals surface area contributed by atoms with Crippen molar-refractivity contribution < 1.29 is 0 Å². The van der Waals surface area contributed by atoms with Crippen LogP contribution in [-0.2, 0) is 0 Å². The zero-order valence-corrected chi connectivity index (χ0v) is 21.5. The van der Waals surface area contributed by atoms with Crippen LogP contribution in [0.15, 0.2) is 65.8 Å². The molecule has 1 fully saturated rings. The van der Waals surface area contributed by atoms with E-state index >= 15 is 0 Å². The highest BCUT2D eigenvalue weighted by Gasteiger charge is 2.28. The Morgan fingerprint density at radius 1 is 0.972 bits per heavy atom. The average Bonchev–Trinajstić information content (AvgIpc) is 3.56. The summed E-state index contributed by atoms with van der Waals surface area (Å²) in [5.74, 6) is 1.05. The Kier molecular flexibility index (Phi) is 6.07. The molecular weight excluding hydrogens is 466 g/mol. The summed E-state index contributed by atoms with van der Waals surface area (Å²) in [4.78, 5) is 15.2. The summed E-state index contributed by atoms with van der Waals surface area (Å²) >= 11 is 1.70. The fourth-order valence-corrected chi connectivity index (χ4v) is 6.36. The van der Waals surface area contributed by atoms with Crippen LogP contribution < -0.4 is 15.6 Å². The normalized spacial score (nSPS) is 18.6.